The summed E-state index contributed by atoms with van der Waals surface area (Å²) in [6.07, 6.45) is -0.339. The first kappa shape index (κ1) is 18.3. The minimum absolute atomic E-state index is 0. The van der Waals surface area contributed by atoms with E-state index in [1.807, 2.05) is 0 Å². The number of hydrogen-bond donors (Lipinski definition) is 0. The Balaban J connectivity index is 0. The maximum atomic E-state index is 11.2. The molecule has 0 aliphatic rings. The third-order valence-corrected chi connectivity index (χ3v) is 1.13. The molecule has 0 amide bonds. The molecule has 4 nitrogen and oxygen atoms in total. The SMILES string of the molecule is CC(C)(C)OC(=O)CC(=O)OC(C)(C)C.[Na]. The maximum Gasteiger partial charge on any atom is 0.317 e. The van der Waals surface area contributed by atoms with Crippen molar-refractivity contribution in [1.29, 1.82) is 0 Å². The first-order valence-corrected chi connectivity index (χ1v) is 4.93. The van der Waals surface area contributed by atoms with Gasteiger partial charge in [-0.3, -0.25) is 9.59 Å². The minimum atomic E-state index is -0.570. The second-order valence-electron chi connectivity index (χ2n) is 5.35. The van der Waals surface area contributed by atoms with Crippen LogP contribution in [0.25, 0.3) is 0 Å². The van der Waals surface area contributed by atoms with E-state index in [2.05, 4.69) is 0 Å². The second kappa shape index (κ2) is 6.62. The largest absolute Gasteiger partial charge is 0.460 e. The van der Waals surface area contributed by atoms with Crippen molar-refractivity contribution in [3.8, 4) is 0 Å². The molecule has 0 aromatic carbocycles. The van der Waals surface area contributed by atoms with E-state index in [-0.39, 0.29) is 36.0 Å². The Labute approximate surface area is 119 Å². The Morgan fingerprint density at radius 3 is 1.25 bits per heavy atom. The molecule has 0 aromatic heterocycles. The van der Waals surface area contributed by atoms with Crippen LogP contribution in [0.4, 0.5) is 0 Å². The van der Waals surface area contributed by atoms with Gasteiger partial charge in [-0.25, -0.2) is 0 Å². The van der Waals surface area contributed by atoms with Gasteiger partial charge in [-0.15, -0.1) is 0 Å². The van der Waals surface area contributed by atoms with Gasteiger partial charge in [0.05, 0.1) is 0 Å². The van der Waals surface area contributed by atoms with Gasteiger partial charge in [0.15, 0.2) is 0 Å². The van der Waals surface area contributed by atoms with E-state index in [1.165, 1.54) is 0 Å². The monoisotopic (exact) mass is 239 g/mol. The van der Waals surface area contributed by atoms with Gasteiger partial charge < -0.3 is 9.47 Å². The molecule has 0 spiro atoms. The van der Waals surface area contributed by atoms with Crippen molar-refractivity contribution in [2.45, 2.75) is 59.2 Å². The molecule has 0 N–H and O–H groups in total. The zero-order chi connectivity index (χ0) is 12.3. The first-order valence-electron chi connectivity index (χ1n) is 4.93. The number of hydrogen-bond acceptors (Lipinski definition) is 4. The van der Waals surface area contributed by atoms with Crippen LogP contribution >= 0.6 is 0 Å². The fourth-order valence-corrected chi connectivity index (χ4v) is 0.873. The summed E-state index contributed by atoms with van der Waals surface area (Å²) < 4.78 is 9.97. The summed E-state index contributed by atoms with van der Waals surface area (Å²) >= 11 is 0. The van der Waals surface area contributed by atoms with Crippen LogP contribution in [-0.4, -0.2) is 52.7 Å². The Hall–Kier alpha value is -0.0600. The van der Waals surface area contributed by atoms with Gasteiger partial charge >= 0.3 is 11.9 Å². The summed E-state index contributed by atoms with van der Waals surface area (Å²) in [6.45, 7) is 10.5. The molecule has 5 heteroatoms. The number of carbonyl (C=O) groups is 2. The van der Waals surface area contributed by atoms with Crippen LogP contribution in [0.3, 0.4) is 0 Å². The standard InChI is InChI=1S/C11H20O4.Na/c1-10(2,3)14-8(12)7-9(13)15-11(4,5)6;/h7H2,1-6H3;. The van der Waals surface area contributed by atoms with Crippen molar-refractivity contribution < 1.29 is 19.1 Å². The molecule has 0 aliphatic heterocycles. The van der Waals surface area contributed by atoms with E-state index in [1.54, 1.807) is 41.5 Å². The van der Waals surface area contributed by atoms with E-state index >= 15 is 0 Å². The Bertz CT molecular complexity index is 222. The van der Waals surface area contributed by atoms with E-state index < -0.39 is 23.1 Å². The summed E-state index contributed by atoms with van der Waals surface area (Å²) in [7, 11) is 0. The molecule has 1 radical (unpaired) electrons. The Kier molecular flexibility index (Phi) is 7.58. The van der Waals surface area contributed by atoms with Crippen molar-refractivity contribution in [3.63, 3.8) is 0 Å². The van der Waals surface area contributed by atoms with Crippen molar-refractivity contribution in [2.24, 2.45) is 0 Å². The summed E-state index contributed by atoms with van der Waals surface area (Å²) in [5, 5.41) is 0. The van der Waals surface area contributed by atoms with Crippen LogP contribution in [0, 0.1) is 0 Å². The normalized spacial score (nSPS) is 11.4. The molecule has 0 fully saturated rings. The van der Waals surface area contributed by atoms with Gasteiger partial charge in [-0.2, -0.15) is 0 Å². The molecule has 16 heavy (non-hydrogen) atoms. The van der Waals surface area contributed by atoms with Crippen molar-refractivity contribution in [3.05, 3.63) is 0 Å². The maximum absolute atomic E-state index is 11.2. The fraction of sp³-hybridized carbons (Fsp3) is 0.818. The molecule has 0 heterocycles. The predicted molar refractivity (Wildman–Crippen MR) is 62.1 cm³/mol. The van der Waals surface area contributed by atoms with Gasteiger partial charge in [0.2, 0.25) is 0 Å². The van der Waals surface area contributed by atoms with Gasteiger partial charge in [-0.1, -0.05) is 0 Å². The molecule has 0 saturated carbocycles. The van der Waals surface area contributed by atoms with Crippen LogP contribution in [-0.2, 0) is 19.1 Å². The Morgan fingerprint density at radius 1 is 0.812 bits per heavy atom. The third-order valence-electron chi connectivity index (χ3n) is 1.13. The molecule has 0 aromatic rings. The summed E-state index contributed by atoms with van der Waals surface area (Å²) in [6, 6.07) is 0. The molecule has 0 saturated heterocycles. The molecular weight excluding hydrogens is 219 g/mol. The van der Waals surface area contributed by atoms with E-state index in [0.717, 1.165) is 0 Å². The van der Waals surface area contributed by atoms with E-state index in [9.17, 15) is 9.59 Å². The average molecular weight is 239 g/mol. The average Bonchev–Trinajstić information content (AvgIpc) is 1.73. The Morgan fingerprint density at radius 2 is 1.06 bits per heavy atom. The smallest absolute Gasteiger partial charge is 0.317 e. The second-order valence-corrected chi connectivity index (χ2v) is 5.35. The van der Waals surface area contributed by atoms with Crippen LogP contribution in [0.2, 0.25) is 0 Å². The molecule has 0 aliphatic carbocycles. The molecule has 0 unspecified atom stereocenters. The van der Waals surface area contributed by atoms with Gasteiger partial charge in [0, 0.05) is 29.6 Å². The van der Waals surface area contributed by atoms with Crippen molar-refractivity contribution >= 4 is 41.5 Å². The first-order chi connectivity index (χ1) is 6.49. The van der Waals surface area contributed by atoms with Crippen LogP contribution in [0.5, 0.6) is 0 Å². The van der Waals surface area contributed by atoms with Crippen LogP contribution in [0.15, 0.2) is 0 Å². The topological polar surface area (TPSA) is 52.6 Å². The number of carbonyl (C=O) groups excluding carboxylic acids is 2. The molecular formula is C11H20NaO4. The fourth-order valence-electron chi connectivity index (χ4n) is 0.873. The van der Waals surface area contributed by atoms with Gasteiger partial charge in [0.25, 0.3) is 0 Å². The van der Waals surface area contributed by atoms with Gasteiger partial charge in [-0.05, 0) is 41.5 Å². The number of rotatable bonds is 2. The molecule has 0 bridgehead atoms. The minimum Gasteiger partial charge on any atom is -0.460 e. The van der Waals surface area contributed by atoms with Crippen LogP contribution in [0.1, 0.15) is 48.0 Å². The zero-order valence-corrected chi connectivity index (χ0v) is 13.3. The molecule has 89 valence electrons. The quantitative estimate of drug-likeness (QED) is 0.418. The number of ether oxygens (including phenoxy) is 2. The summed E-state index contributed by atoms with van der Waals surface area (Å²) in [4.78, 5) is 22.5. The predicted octanol–water partition coefficient (Wildman–Crippen LogP) is 1.68. The van der Waals surface area contributed by atoms with E-state index in [4.69, 9.17) is 9.47 Å². The molecule has 0 rings (SSSR count). The van der Waals surface area contributed by atoms with Gasteiger partial charge in [0.1, 0.15) is 17.6 Å². The number of esters is 2. The molecule has 0 atom stereocenters. The summed E-state index contributed by atoms with van der Waals surface area (Å²) in [5.41, 5.74) is -1.14. The van der Waals surface area contributed by atoms with Crippen molar-refractivity contribution in [1.82, 2.24) is 0 Å². The third kappa shape index (κ3) is 12.0. The van der Waals surface area contributed by atoms with Crippen molar-refractivity contribution in [2.75, 3.05) is 0 Å². The van der Waals surface area contributed by atoms with E-state index in [0.29, 0.717) is 0 Å². The zero-order valence-electron chi connectivity index (χ0n) is 11.3. The summed E-state index contributed by atoms with van der Waals surface area (Å²) in [5.74, 6) is -1.12. The van der Waals surface area contributed by atoms with Crippen LogP contribution < -0.4 is 0 Å².